The van der Waals surface area contributed by atoms with Gasteiger partial charge < -0.3 is 10.3 Å². The Morgan fingerprint density at radius 3 is 2.85 bits per heavy atom. The molecule has 0 aliphatic rings. The normalized spacial score (nSPS) is 12.7. The van der Waals surface area contributed by atoms with Crippen LogP contribution in [-0.4, -0.2) is 4.98 Å². The van der Waals surface area contributed by atoms with E-state index in [1.54, 1.807) is 0 Å². The van der Waals surface area contributed by atoms with Crippen molar-refractivity contribution in [2.24, 2.45) is 0 Å². The second-order valence-corrected chi connectivity index (χ2v) is 5.88. The van der Waals surface area contributed by atoms with Crippen LogP contribution in [0.15, 0.2) is 59.2 Å². The summed E-state index contributed by atoms with van der Waals surface area (Å²) < 4.78 is 1.15. The minimum absolute atomic E-state index is 0.310. The van der Waals surface area contributed by atoms with Crippen molar-refractivity contribution >= 4 is 26.8 Å². The fraction of sp³-hybridized carbons (Fsp3) is 0.176. The predicted octanol–water partition coefficient (Wildman–Crippen LogP) is 4.78. The molecule has 20 heavy (non-hydrogen) atoms. The number of fused-ring (bicyclic) bond motifs is 1. The molecule has 0 saturated heterocycles. The summed E-state index contributed by atoms with van der Waals surface area (Å²) in [5.74, 6) is 0. The van der Waals surface area contributed by atoms with E-state index < -0.39 is 0 Å². The monoisotopic (exact) mass is 328 g/mol. The maximum Gasteiger partial charge on any atom is 0.0457 e. The number of aromatic nitrogens is 1. The van der Waals surface area contributed by atoms with Crippen LogP contribution in [0.5, 0.6) is 0 Å². The minimum Gasteiger partial charge on any atom is -0.361 e. The number of nitrogens with one attached hydrogen (secondary N) is 2. The molecule has 102 valence electrons. The molecule has 3 rings (SSSR count). The first kappa shape index (κ1) is 13.4. The van der Waals surface area contributed by atoms with E-state index in [0.717, 1.165) is 11.0 Å². The van der Waals surface area contributed by atoms with Gasteiger partial charge in [-0.1, -0.05) is 46.3 Å². The van der Waals surface area contributed by atoms with Gasteiger partial charge in [-0.2, -0.15) is 0 Å². The van der Waals surface area contributed by atoms with E-state index in [1.165, 1.54) is 22.0 Å². The summed E-state index contributed by atoms with van der Waals surface area (Å²) in [5.41, 5.74) is 3.77. The molecule has 0 aliphatic carbocycles. The van der Waals surface area contributed by atoms with Crippen LogP contribution in [0.1, 0.15) is 24.1 Å². The summed E-state index contributed by atoms with van der Waals surface area (Å²) in [4.78, 5) is 3.25. The number of H-pyrrole nitrogens is 1. The van der Waals surface area contributed by atoms with Crippen LogP contribution in [0.3, 0.4) is 0 Å². The van der Waals surface area contributed by atoms with Crippen LogP contribution in [-0.2, 0) is 6.54 Å². The molecular formula is C17H17BrN2. The predicted molar refractivity (Wildman–Crippen MR) is 87.7 cm³/mol. The Hall–Kier alpha value is -1.58. The molecule has 0 saturated carbocycles. The molecule has 1 heterocycles. The van der Waals surface area contributed by atoms with Crippen molar-refractivity contribution < 1.29 is 0 Å². The lowest BCUT2D eigenvalue weighted by atomic mass is 10.1. The maximum absolute atomic E-state index is 3.61. The zero-order valence-electron chi connectivity index (χ0n) is 11.4. The van der Waals surface area contributed by atoms with Crippen molar-refractivity contribution in [3.63, 3.8) is 0 Å². The van der Waals surface area contributed by atoms with Crippen molar-refractivity contribution in [1.82, 2.24) is 10.3 Å². The van der Waals surface area contributed by atoms with Gasteiger partial charge in [0.15, 0.2) is 0 Å². The van der Waals surface area contributed by atoms with E-state index in [-0.39, 0.29) is 0 Å². The summed E-state index contributed by atoms with van der Waals surface area (Å²) in [6, 6.07) is 17.3. The molecule has 0 fully saturated rings. The summed E-state index contributed by atoms with van der Waals surface area (Å²) in [6.07, 6.45) is 1.98. The van der Waals surface area contributed by atoms with Gasteiger partial charge in [-0.3, -0.25) is 0 Å². The molecule has 2 nitrogen and oxygen atoms in total. The zero-order chi connectivity index (χ0) is 13.9. The maximum atomic E-state index is 3.61. The first-order valence-electron chi connectivity index (χ1n) is 6.78. The molecule has 0 aliphatic heterocycles. The lowest BCUT2D eigenvalue weighted by molar-refractivity contribution is 0.573. The molecule has 0 unspecified atom stereocenters. The van der Waals surface area contributed by atoms with Crippen LogP contribution in [0.25, 0.3) is 10.9 Å². The number of halogens is 1. The van der Waals surface area contributed by atoms with Gasteiger partial charge >= 0.3 is 0 Å². The Morgan fingerprint density at radius 1 is 1.15 bits per heavy atom. The Bertz CT molecular complexity index is 718. The van der Waals surface area contributed by atoms with E-state index in [4.69, 9.17) is 0 Å². The van der Waals surface area contributed by atoms with Crippen molar-refractivity contribution in [2.75, 3.05) is 0 Å². The quantitative estimate of drug-likeness (QED) is 0.708. The van der Waals surface area contributed by atoms with Crippen LogP contribution in [0, 0.1) is 0 Å². The zero-order valence-corrected chi connectivity index (χ0v) is 12.9. The van der Waals surface area contributed by atoms with Gasteiger partial charge in [-0.25, -0.2) is 0 Å². The Labute approximate surface area is 127 Å². The number of benzene rings is 2. The largest absolute Gasteiger partial charge is 0.361 e. The third-order valence-corrected chi connectivity index (χ3v) is 4.33. The Balaban J connectivity index is 1.71. The number of hydrogen-bond acceptors (Lipinski definition) is 1. The molecule has 0 bridgehead atoms. The smallest absolute Gasteiger partial charge is 0.0457 e. The van der Waals surface area contributed by atoms with Gasteiger partial charge in [-0.15, -0.1) is 0 Å². The van der Waals surface area contributed by atoms with Gasteiger partial charge in [0.2, 0.25) is 0 Å². The number of hydrogen-bond donors (Lipinski definition) is 2. The van der Waals surface area contributed by atoms with Gasteiger partial charge in [0, 0.05) is 28.8 Å². The molecule has 1 atom stereocenters. The molecule has 3 heteroatoms. The van der Waals surface area contributed by atoms with Gasteiger partial charge in [0.25, 0.3) is 0 Å². The van der Waals surface area contributed by atoms with Gasteiger partial charge in [0.1, 0.15) is 0 Å². The molecule has 3 aromatic rings. The summed E-state index contributed by atoms with van der Waals surface area (Å²) in [5, 5.41) is 4.83. The third kappa shape index (κ3) is 2.79. The first-order valence-corrected chi connectivity index (χ1v) is 7.57. The second-order valence-electron chi connectivity index (χ2n) is 5.02. The molecule has 2 N–H and O–H groups in total. The average molecular weight is 329 g/mol. The van der Waals surface area contributed by atoms with E-state index in [0.29, 0.717) is 6.04 Å². The van der Waals surface area contributed by atoms with Gasteiger partial charge in [0.05, 0.1) is 0 Å². The molecule has 0 radical (unpaired) electrons. The van der Waals surface area contributed by atoms with Crippen molar-refractivity contribution in [3.05, 3.63) is 70.3 Å². The Morgan fingerprint density at radius 2 is 2.00 bits per heavy atom. The number of rotatable bonds is 4. The average Bonchev–Trinajstić information content (AvgIpc) is 2.92. The topological polar surface area (TPSA) is 27.8 Å². The molecule has 0 amide bonds. The van der Waals surface area contributed by atoms with E-state index >= 15 is 0 Å². The highest BCUT2D eigenvalue weighted by atomic mass is 79.9. The molecule has 2 aromatic carbocycles. The Kier molecular flexibility index (Phi) is 3.90. The highest BCUT2D eigenvalue weighted by molar-refractivity contribution is 9.10. The highest BCUT2D eigenvalue weighted by Gasteiger charge is 2.08. The van der Waals surface area contributed by atoms with Crippen molar-refractivity contribution in [1.29, 1.82) is 0 Å². The fourth-order valence-electron chi connectivity index (χ4n) is 2.41. The number of aromatic amines is 1. The fourth-order valence-corrected chi connectivity index (χ4v) is 3.04. The van der Waals surface area contributed by atoms with Crippen LogP contribution >= 0.6 is 15.9 Å². The summed E-state index contributed by atoms with van der Waals surface area (Å²) in [7, 11) is 0. The lowest BCUT2D eigenvalue weighted by Gasteiger charge is -2.16. The molecule has 1 aromatic heterocycles. The highest BCUT2D eigenvalue weighted by Crippen LogP contribution is 2.23. The summed E-state index contributed by atoms with van der Waals surface area (Å²) >= 11 is 3.61. The summed E-state index contributed by atoms with van der Waals surface area (Å²) in [6.45, 7) is 3.05. The van der Waals surface area contributed by atoms with Crippen molar-refractivity contribution in [2.45, 2.75) is 19.5 Å². The van der Waals surface area contributed by atoms with Crippen LogP contribution in [0.2, 0.25) is 0 Å². The van der Waals surface area contributed by atoms with Crippen LogP contribution in [0.4, 0.5) is 0 Å². The standard InChI is InChI=1S/C17H17BrN2/c1-12(15-4-2-3-5-16(15)18)20-11-13-6-7-14-8-9-19-17(14)10-13/h2-10,12,19-20H,11H2,1H3/t12-/m0/s1. The van der Waals surface area contributed by atoms with E-state index in [1.807, 2.05) is 12.3 Å². The van der Waals surface area contributed by atoms with Crippen LogP contribution < -0.4 is 5.32 Å². The van der Waals surface area contributed by atoms with Gasteiger partial charge in [-0.05, 0) is 41.6 Å². The minimum atomic E-state index is 0.310. The van der Waals surface area contributed by atoms with E-state index in [9.17, 15) is 0 Å². The SMILES string of the molecule is C[C@H](NCc1ccc2cc[nH]c2c1)c1ccccc1Br. The first-order chi connectivity index (χ1) is 9.74. The third-order valence-electron chi connectivity index (χ3n) is 3.60. The second kappa shape index (κ2) is 5.81. The van der Waals surface area contributed by atoms with Crippen molar-refractivity contribution in [3.8, 4) is 0 Å². The molecule has 0 spiro atoms. The lowest BCUT2D eigenvalue weighted by Crippen LogP contribution is -2.18. The van der Waals surface area contributed by atoms with E-state index in [2.05, 4.69) is 75.6 Å². The molecular weight excluding hydrogens is 312 g/mol.